The summed E-state index contributed by atoms with van der Waals surface area (Å²) in [4.78, 5) is 21.4. The molecular formula is C9H11NO5S2. The lowest BCUT2D eigenvalue weighted by Gasteiger charge is -2.03. The van der Waals surface area contributed by atoms with Crippen LogP contribution < -0.4 is 4.72 Å². The van der Waals surface area contributed by atoms with Crippen LogP contribution >= 0.6 is 11.3 Å². The number of hydrogen-bond donors (Lipinski definition) is 2. The number of rotatable bonds is 7. The quantitative estimate of drug-likeness (QED) is 0.754. The van der Waals surface area contributed by atoms with Crippen molar-refractivity contribution in [3.05, 3.63) is 17.5 Å². The minimum Gasteiger partial charge on any atom is -0.481 e. The van der Waals surface area contributed by atoms with Gasteiger partial charge in [-0.2, -0.15) is 0 Å². The average molecular weight is 277 g/mol. The molecule has 0 aliphatic heterocycles. The molecule has 0 aromatic carbocycles. The van der Waals surface area contributed by atoms with Crippen molar-refractivity contribution in [3.8, 4) is 0 Å². The maximum Gasteiger partial charge on any atom is 0.303 e. The lowest BCUT2D eigenvalue weighted by molar-refractivity contribution is -0.138. The number of aliphatic carboxylic acids is 1. The van der Waals surface area contributed by atoms with Crippen molar-refractivity contribution in [1.29, 1.82) is 0 Å². The van der Waals surface area contributed by atoms with Crippen molar-refractivity contribution in [2.24, 2.45) is 0 Å². The summed E-state index contributed by atoms with van der Waals surface area (Å²) in [7, 11) is -3.65. The minimum absolute atomic E-state index is 0.128. The molecule has 1 rings (SSSR count). The van der Waals surface area contributed by atoms with E-state index >= 15 is 0 Å². The van der Waals surface area contributed by atoms with Crippen LogP contribution in [-0.4, -0.2) is 31.8 Å². The summed E-state index contributed by atoms with van der Waals surface area (Å²) >= 11 is 1.04. The van der Waals surface area contributed by atoms with Crippen LogP contribution in [0.4, 0.5) is 0 Å². The first-order valence-electron chi connectivity index (χ1n) is 4.68. The molecule has 0 fully saturated rings. The second-order valence-electron chi connectivity index (χ2n) is 3.19. The Morgan fingerprint density at radius 3 is 2.59 bits per heavy atom. The minimum atomic E-state index is -3.65. The second kappa shape index (κ2) is 5.89. The van der Waals surface area contributed by atoms with Crippen LogP contribution in [0.3, 0.4) is 0 Å². The van der Waals surface area contributed by atoms with Crippen molar-refractivity contribution < 1.29 is 23.1 Å². The van der Waals surface area contributed by atoms with Gasteiger partial charge >= 0.3 is 5.97 Å². The van der Waals surface area contributed by atoms with E-state index in [0.717, 1.165) is 11.3 Å². The lowest BCUT2D eigenvalue weighted by Crippen LogP contribution is -2.29. The average Bonchev–Trinajstić information content (AvgIpc) is 2.77. The van der Waals surface area contributed by atoms with E-state index in [1.54, 1.807) is 11.4 Å². The molecule has 0 saturated heterocycles. The highest BCUT2D eigenvalue weighted by molar-refractivity contribution is 7.91. The van der Waals surface area contributed by atoms with Crippen LogP contribution in [-0.2, 0) is 19.6 Å². The molecule has 17 heavy (non-hydrogen) atoms. The summed E-state index contributed by atoms with van der Waals surface area (Å²) in [6, 6.07) is 3.01. The second-order valence-corrected chi connectivity index (χ2v) is 6.13. The highest BCUT2D eigenvalue weighted by Crippen LogP contribution is 2.14. The maximum absolute atomic E-state index is 11.6. The van der Waals surface area contributed by atoms with Crippen LogP contribution in [0, 0.1) is 0 Å². The first-order valence-corrected chi connectivity index (χ1v) is 7.05. The molecule has 0 saturated carbocycles. The summed E-state index contributed by atoms with van der Waals surface area (Å²) in [5.41, 5.74) is 0. The van der Waals surface area contributed by atoms with Gasteiger partial charge in [-0.05, 0) is 11.4 Å². The van der Waals surface area contributed by atoms with E-state index in [1.165, 1.54) is 6.07 Å². The Kier molecular flexibility index (Phi) is 4.79. The fourth-order valence-electron chi connectivity index (χ4n) is 0.998. The summed E-state index contributed by atoms with van der Waals surface area (Å²) in [6.07, 6.45) is -0.470. The Hall–Kier alpha value is -1.25. The largest absolute Gasteiger partial charge is 0.481 e. The Morgan fingerprint density at radius 2 is 2.06 bits per heavy atom. The topological polar surface area (TPSA) is 101 Å². The van der Waals surface area contributed by atoms with Gasteiger partial charge in [0.15, 0.2) is 0 Å². The number of nitrogens with one attached hydrogen (secondary N) is 1. The summed E-state index contributed by atoms with van der Waals surface area (Å²) < 4.78 is 25.4. The van der Waals surface area contributed by atoms with E-state index < -0.39 is 21.8 Å². The van der Waals surface area contributed by atoms with E-state index in [-0.39, 0.29) is 23.6 Å². The van der Waals surface area contributed by atoms with Gasteiger partial charge in [0.1, 0.15) is 9.99 Å². The van der Waals surface area contributed by atoms with Crippen molar-refractivity contribution >= 4 is 33.1 Å². The van der Waals surface area contributed by atoms with Gasteiger partial charge in [-0.15, -0.1) is 11.3 Å². The highest BCUT2D eigenvalue weighted by atomic mass is 32.2. The van der Waals surface area contributed by atoms with Crippen LogP contribution in [0.2, 0.25) is 0 Å². The summed E-state index contributed by atoms with van der Waals surface area (Å²) in [5.74, 6) is -1.54. The van der Waals surface area contributed by atoms with E-state index in [2.05, 4.69) is 4.72 Å². The number of carboxylic acid groups (broad SMARTS) is 1. The predicted octanol–water partition coefficient (Wildman–Crippen LogP) is 0.460. The van der Waals surface area contributed by atoms with Crippen molar-refractivity contribution in [2.75, 3.05) is 6.54 Å². The number of carboxylic acids is 1. The molecule has 2 N–H and O–H groups in total. The molecule has 0 bridgehead atoms. The maximum atomic E-state index is 11.6. The SMILES string of the molecule is O=C(O)CCC(=O)CNS(=O)(=O)c1cccs1. The molecule has 1 aromatic rings. The Morgan fingerprint density at radius 1 is 1.35 bits per heavy atom. The third-order valence-corrected chi connectivity index (χ3v) is 4.64. The number of hydrogen-bond acceptors (Lipinski definition) is 5. The van der Waals surface area contributed by atoms with Gasteiger partial charge < -0.3 is 5.11 Å². The fraction of sp³-hybridized carbons (Fsp3) is 0.333. The Bertz CT molecular complexity index is 491. The number of thiophene rings is 1. The summed E-state index contributed by atoms with van der Waals surface area (Å²) in [5, 5.41) is 9.96. The molecule has 8 heteroatoms. The van der Waals surface area contributed by atoms with Gasteiger partial charge in [0, 0.05) is 6.42 Å². The normalized spacial score (nSPS) is 11.3. The molecule has 6 nitrogen and oxygen atoms in total. The number of carbonyl (C=O) groups is 2. The number of ketones is 1. The van der Waals surface area contributed by atoms with Gasteiger partial charge in [-0.25, -0.2) is 13.1 Å². The van der Waals surface area contributed by atoms with Crippen LogP contribution in [0.25, 0.3) is 0 Å². The smallest absolute Gasteiger partial charge is 0.303 e. The van der Waals surface area contributed by atoms with Gasteiger partial charge in [-0.3, -0.25) is 9.59 Å². The lowest BCUT2D eigenvalue weighted by atomic mass is 10.2. The zero-order chi connectivity index (χ0) is 12.9. The van der Waals surface area contributed by atoms with Gasteiger partial charge in [0.2, 0.25) is 10.0 Å². The van der Waals surface area contributed by atoms with Crippen molar-refractivity contribution in [3.63, 3.8) is 0 Å². The Balaban J connectivity index is 2.46. The number of sulfonamides is 1. The monoisotopic (exact) mass is 277 g/mol. The summed E-state index contributed by atoms with van der Waals surface area (Å²) in [6.45, 7) is -0.381. The van der Waals surface area contributed by atoms with Gasteiger partial charge in [-0.1, -0.05) is 6.07 Å². The predicted molar refractivity (Wildman–Crippen MR) is 61.4 cm³/mol. The van der Waals surface area contributed by atoms with E-state index in [1.807, 2.05) is 0 Å². The first kappa shape index (κ1) is 13.8. The number of carbonyl (C=O) groups excluding carboxylic acids is 1. The van der Waals surface area contributed by atoms with E-state index in [0.29, 0.717) is 0 Å². The Labute approximate surface area is 102 Å². The molecule has 0 aliphatic carbocycles. The van der Waals surface area contributed by atoms with Crippen LogP contribution in [0.5, 0.6) is 0 Å². The molecule has 0 atom stereocenters. The fourth-order valence-corrected chi connectivity index (χ4v) is 3.05. The molecule has 0 amide bonds. The first-order chi connectivity index (χ1) is 7.92. The van der Waals surface area contributed by atoms with Crippen molar-refractivity contribution in [1.82, 2.24) is 4.72 Å². The molecule has 1 aromatic heterocycles. The molecule has 94 valence electrons. The zero-order valence-corrected chi connectivity index (χ0v) is 10.4. The standard InChI is InChI=1S/C9H11NO5S2/c11-7(3-4-8(12)13)6-10-17(14,15)9-2-1-5-16-9/h1-2,5,10H,3-4,6H2,(H,12,13). The molecular weight excluding hydrogens is 266 g/mol. The molecule has 0 aliphatic rings. The third kappa shape index (κ3) is 4.63. The van der Waals surface area contributed by atoms with Crippen LogP contribution in [0.15, 0.2) is 21.7 Å². The molecule has 0 radical (unpaired) electrons. The van der Waals surface area contributed by atoms with Gasteiger partial charge in [0.05, 0.1) is 13.0 Å². The van der Waals surface area contributed by atoms with Gasteiger partial charge in [0.25, 0.3) is 0 Å². The zero-order valence-electron chi connectivity index (χ0n) is 8.75. The highest BCUT2D eigenvalue weighted by Gasteiger charge is 2.16. The third-order valence-electron chi connectivity index (χ3n) is 1.84. The van der Waals surface area contributed by atoms with Crippen LogP contribution in [0.1, 0.15) is 12.8 Å². The van der Waals surface area contributed by atoms with E-state index in [4.69, 9.17) is 5.11 Å². The van der Waals surface area contributed by atoms with Crippen molar-refractivity contribution in [2.45, 2.75) is 17.1 Å². The van der Waals surface area contributed by atoms with E-state index in [9.17, 15) is 18.0 Å². The number of Topliss-reactive ketones (excluding diaryl/α,β-unsaturated/α-hetero) is 1. The molecule has 0 unspecified atom stereocenters. The molecule has 1 heterocycles. The molecule has 0 spiro atoms.